The zero-order valence-electron chi connectivity index (χ0n) is 14.8. The summed E-state index contributed by atoms with van der Waals surface area (Å²) in [4.78, 5) is 12.3. The van der Waals surface area contributed by atoms with Crippen molar-refractivity contribution in [2.45, 2.75) is 13.8 Å². The van der Waals surface area contributed by atoms with Crippen LogP contribution in [-0.2, 0) is 4.79 Å². The Morgan fingerprint density at radius 1 is 0.692 bits per heavy atom. The number of ether oxygens (including phenoxy) is 2. The van der Waals surface area contributed by atoms with Crippen molar-refractivity contribution in [1.82, 2.24) is 0 Å². The summed E-state index contributed by atoms with van der Waals surface area (Å²) in [5.74, 6) is 1.11. The van der Waals surface area contributed by atoms with Crippen LogP contribution < -0.4 is 9.47 Å². The molecule has 0 aliphatic rings. The minimum atomic E-state index is -0.486. The largest absolute Gasteiger partial charge is 0.456 e. The monoisotopic (exact) mass is 344 g/mol. The minimum Gasteiger partial charge on any atom is -0.456 e. The second-order valence-electron chi connectivity index (χ2n) is 6.02. The normalized spacial score (nSPS) is 11.1. The highest BCUT2D eigenvalue weighted by molar-refractivity contribution is 5.91. The maximum absolute atomic E-state index is 12.3. The fraction of sp³-hybridized carbons (Fsp3) is 0.0870. The number of benzene rings is 3. The molecule has 0 saturated carbocycles. The Hall–Kier alpha value is -3.33. The second kappa shape index (κ2) is 8.17. The van der Waals surface area contributed by atoms with Gasteiger partial charge in [0.05, 0.1) is 6.08 Å². The first-order chi connectivity index (χ1) is 12.6. The van der Waals surface area contributed by atoms with E-state index in [9.17, 15) is 4.79 Å². The van der Waals surface area contributed by atoms with Crippen LogP contribution in [0.15, 0.2) is 84.9 Å². The fourth-order valence-electron chi connectivity index (χ4n) is 2.37. The molecule has 0 heterocycles. The molecule has 0 N–H and O–H groups in total. The van der Waals surface area contributed by atoms with Gasteiger partial charge >= 0.3 is 5.97 Å². The molecular formula is C23H20O3. The van der Waals surface area contributed by atoms with Gasteiger partial charge in [-0.1, -0.05) is 65.7 Å². The first kappa shape index (κ1) is 17.5. The SMILES string of the molecule is Cc1ccc(OC(=O)C=C(Oc2ccc(C)cc2)c2ccccc2)cc1. The topological polar surface area (TPSA) is 35.5 Å². The fourth-order valence-corrected chi connectivity index (χ4v) is 2.37. The molecule has 3 rings (SSSR count). The van der Waals surface area contributed by atoms with Gasteiger partial charge in [-0.3, -0.25) is 0 Å². The molecule has 0 saturated heterocycles. The molecule has 3 aromatic rings. The van der Waals surface area contributed by atoms with Crippen LogP contribution in [0.1, 0.15) is 16.7 Å². The van der Waals surface area contributed by atoms with E-state index in [0.717, 1.165) is 16.7 Å². The molecule has 0 bridgehead atoms. The maximum Gasteiger partial charge on any atom is 0.339 e. The summed E-state index contributed by atoms with van der Waals surface area (Å²) in [6.07, 6.45) is 1.37. The number of carbonyl (C=O) groups is 1. The van der Waals surface area contributed by atoms with Crippen LogP contribution in [0.5, 0.6) is 11.5 Å². The molecule has 3 aromatic carbocycles. The zero-order chi connectivity index (χ0) is 18.4. The quantitative estimate of drug-likeness (QED) is 0.272. The Kier molecular flexibility index (Phi) is 5.49. The molecule has 0 radical (unpaired) electrons. The van der Waals surface area contributed by atoms with Gasteiger partial charge in [0, 0.05) is 5.56 Å². The summed E-state index contributed by atoms with van der Waals surface area (Å²) in [5, 5.41) is 0. The van der Waals surface area contributed by atoms with E-state index in [0.29, 0.717) is 17.3 Å². The number of rotatable bonds is 5. The van der Waals surface area contributed by atoms with Crippen LogP contribution >= 0.6 is 0 Å². The van der Waals surface area contributed by atoms with Crippen LogP contribution in [0.3, 0.4) is 0 Å². The van der Waals surface area contributed by atoms with E-state index in [1.165, 1.54) is 6.08 Å². The standard InChI is InChI=1S/C23H20O3/c1-17-8-12-20(13-9-17)25-22(19-6-4-3-5-7-19)16-23(24)26-21-14-10-18(2)11-15-21/h3-16H,1-2H3. The molecule has 26 heavy (non-hydrogen) atoms. The van der Waals surface area contributed by atoms with E-state index in [1.54, 1.807) is 12.1 Å². The Morgan fingerprint density at radius 2 is 1.19 bits per heavy atom. The van der Waals surface area contributed by atoms with Crippen molar-refractivity contribution >= 4 is 11.7 Å². The zero-order valence-corrected chi connectivity index (χ0v) is 14.8. The lowest BCUT2D eigenvalue weighted by atomic mass is 10.1. The van der Waals surface area contributed by atoms with Crippen LogP contribution in [0.4, 0.5) is 0 Å². The van der Waals surface area contributed by atoms with Gasteiger partial charge in [-0.25, -0.2) is 4.79 Å². The molecule has 3 nitrogen and oxygen atoms in total. The van der Waals surface area contributed by atoms with Crippen molar-refractivity contribution in [2.24, 2.45) is 0 Å². The van der Waals surface area contributed by atoms with Crippen LogP contribution in [0.25, 0.3) is 5.76 Å². The lowest BCUT2D eigenvalue weighted by molar-refractivity contribution is -0.129. The van der Waals surface area contributed by atoms with Gasteiger partial charge < -0.3 is 9.47 Å². The van der Waals surface area contributed by atoms with E-state index in [4.69, 9.17) is 9.47 Å². The first-order valence-electron chi connectivity index (χ1n) is 8.40. The van der Waals surface area contributed by atoms with Gasteiger partial charge in [0.2, 0.25) is 0 Å². The predicted molar refractivity (Wildman–Crippen MR) is 103 cm³/mol. The van der Waals surface area contributed by atoms with Gasteiger partial charge in [0.15, 0.2) is 0 Å². The summed E-state index contributed by atoms with van der Waals surface area (Å²) in [6.45, 7) is 3.99. The lowest BCUT2D eigenvalue weighted by Crippen LogP contribution is -2.07. The molecule has 0 aliphatic carbocycles. The number of hydrogen-bond acceptors (Lipinski definition) is 3. The van der Waals surface area contributed by atoms with Crippen molar-refractivity contribution in [3.8, 4) is 11.5 Å². The lowest BCUT2D eigenvalue weighted by Gasteiger charge is -2.11. The van der Waals surface area contributed by atoms with Crippen LogP contribution in [0, 0.1) is 13.8 Å². The van der Waals surface area contributed by atoms with Gasteiger partial charge in [-0.2, -0.15) is 0 Å². The summed E-state index contributed by atoms with van der Waals surface area (Å²) < 4.78 is 11.3. The summed E-state index contributed by atoms with van der Waals surface area (Å²) in [6, 6.07) is 24.5. The van der Waals surface area contributed by atoms with E-state index in [-0.39, 0.29) is 0 Å². The predicted octanol–water partition coefficient (Wildman–Crippen LogP) is 5.33. The second-order valence-corrected chi connectivity index (χ2v) is 6.02. The third kappa shape index (κ3) is 4.84. The van der Waals surface area contributed by atoms with E-state index >= 15 is 0 Å². The molecule has 0 unspecified atom stereocenters. The average molecular weight is 344 g/mol. The Morgan fingerprint density at radius 3 is 1.73 bits per heavy atom. The van der Waals surface area contributed by atoms with Gasteiger partial charge in [0.25, 0.3) is 0 Å². The maximum atomic E-state index is 12.3. The molecule has 0 atom stereocenters. The third-order valence-electron chi connectivity index (χ3n) is 3.80. The van der Waals surface area contributed by atoms with Gasteiger partial charge in [0.1, 0.15) is 17.3 Å². The average Bonchev–Trinajstić information content (AvgIpc) is 2.65. The third-order valence-corrected chi connectivity index (χ3v) is 3.80. The minimum absolute atomic E-state index is 0.437. The van der Waals surface area contributed by atoms with Crippen molar-refractivity contribution in [3.05, 3.63) is 102 Å². The molecular weight excluding hydrogens is 324 g/mol. The highest BCUT2D eigenvalue weighted by Gasteiger charge is 2.10. The summed E-state index contributed by atoms with van der Waals surface area (Å²) >= 11 is 0. The number of hydrogen-bond donors (Lipinski definition) is 0. The van der Waals surface area contributed by atoms with Crippen molar-refractivity contribution < 1.29 is 14.3 Å². The highest BCUT2D eigenvalue weighted by Crippen LogP contribution is 2.22. The molecule has 0 aromatic heterocycles. The molecule has 3 heteroatoms. The van der Waals surface area contributed by atoms with E-state index in [2.05, 4.69) is 0 Å². The smallest absolute Gasteiger partial charge is 0.339 e. The van der Waals surface area contributed by atoms with E-state index < -0.39 is 5.97 Å². The molecule has 0 fully saturated rings. The highest BCUT2D eigenvalue weighted by atomic mass is 16.5. The van der Waals surface area contributed by atoms with E-state index in [1.807, 2.05) is 80.6 Å². The number of aryl methyl sites for hydroxylation is 2. The first-order valence-corrected chi connectivity index (χ1v) is 8.40. The molecule has 0 aliphatic heterocycles. The Labute approximate surface area is 153 Å². The van der Waals surface area contributed by atoms with Crippen molar-refractivity contribution in [2.75, 3.05) is 0 Å². The number of esters is 1. The van der Waals surface area contributed by atoms with Crippen molar-refractivity contribution in [1.29, 1.82) is 0 Å². The van der Waals surface area contributed by atoms with Crippen molar-refractivity contribution in [3.63, 3.8) is 0 Å². The Balaban J connectivity index is 1.84. The van der Waals surface area contributed by atoms with Gasteiger partial charge in [-0.05, 0) is 38.1 Å². The molecule has 130 valence electrons. The van der Waals surface area contributed by atoms with Gasteiger partial charge in [-0.15, -0.1) is 0 Å². The summed E-state index contributed by atoms with van der Waals surface area (Å²) in [5.41, 5.74) is 3.04. The summed E-state index contributed by atoms with van der Waals surface area (Å²) in [7, 11) is 0. The molecule has 0 spiro atoms. The molecule has 0 amide bonds. The number of carbonyl (C=O) groups excluding carboxylic acids is 1. The van der Waals surface area contributed by atoms with Crippen LogP contribution in [0.2, 0.25) is 0 Å². The Bertz CT molecular complexity index is 892. The van der Waals surface area contributed by atoms with Crippen LogP contribution in [-0.4, -0.2) is 5.97 Å².